The Labute approximate surface area is 123 Å². The lowest BCUT2D eigenvalue weighted by Gasteiger charge is -2.22. The van der Waals surface area contributed by atoms with Crippen LogP contribution in [0.3, 0.4) is 0 Å². The number of aromatic hydroxyl groups is 1. The van der Waals surface area contributed by atoms with Gasteiger partial charge in [0.1, 0.15) is 11.4 Å². The number of nitrogens with two attached hydrogens (primary N) is 1. The molecular weight excluding hydrogens is 274 g/mol. The fourth-order valence-electron chi connectivity index (χ4n) is 1.82. The Morgan fingerprint density at radius 2 is 1.95 bits per heavy atom. The molecule has 0 saturated carbocycles. The van der Waals surface area contributed by atoms with Crippen molar-refractivity contribution in [3.05, 3.63) is 29.3 Å². The number of esters is 2. The van der Waals surface area contributed by atoms with Gasteiger partial charge in [-0.25, -0.2) is 4.79 Å². The van der Waals surface area contributed by atoms with Crippen molar-refractivity contribution < 1.29 is 24.2 Å². The van der Waals surface area contributed by atoms with Crippen molar-refractivity contribution in [3.63, 3.8) is 0 Å². The molecular formula is C15H21NO5. The second-order valence-electron chi connectivity index (χ2n) is 5.63. The average Bonchev–Trinajstić information content (AvgIpc) is 2.35. The van der Waals surface area contributed by atoms with Crippen LogP contribution in [0.15, 0.2) is 18.2 Å². The van der Waals surface area contributed by atoms with Crippen molar-refractivity contribution in [1.82, 2.24) is 0 Å². The van der Waals surface area contributed by atoms with E-state index in [0.29, 0.717) is 0 Å². The first kappa shape index (κ1) is 17.0. The highest BCUT2D eigenvalue weighted by Crippen LogP contribution is 2.30. The minimum atomic E-state index is -0.860. The Kier molecular flexibility index (Phi) is 5.32. The van der Waals surface area contributed by atoms with Crippen molar-refractivity contribution in [3.8, 4) is 5.75 Å². The molecule has 0 heterocycles. The van der Waals surface area contributed by atoms with Gasteiger partial charge in [0.15, 0.2) is 0 Å². The van der Waals surface area contributed by atoms with E-state index in [4.69, 9.17) is 10.5 Å². The zero-order valence-electron chi connectivity index (χ0n) is 12.7. The summed E-state index contributed by atoms with van der Waals surface area (Å²) in [5, 5.41) is 9.95. The number of carbonyl (C=O) groups excluding carboxylic acids is 2. The maximum Gasteiger partial charge on any atom is 0.339 e. The van der Waals surface area contributed by atoms with Gasteiger partial charge in [0, 0.05) is 11.6 Å². The van der Waals surface area contributed by atoms with Crippen LogP contribution in [-0.2, 0) is 14.3 Å². The van der Waals surface area contributed by atoms with Gasteiger partial charge in [0.2, 0.25) is 0 Å². The van der Waals surface area contributed by atoms with Gasteiger partial charge in [-0.1, -0.05) is 6.07 Å². The van der Waals surface area contributed by atoms with E-state index in [2.05, 4.69) is 4.74 Å². The average molecular weight is 295 g/mol. The number of rotatable bonds is 4. The monoisotopic (exact) mass is 295 g/mol. The SMILES string of the molecule is COC(=O)CC(N)c1c(O)cccc1C(=O)OC(C)(C)C. The fraction of sp³-hybridized carbons (Fsp3) is 0.467. The van der Waals surface area contributed by atoms with Crippen molar-refractivity contribution >= 4 is 11.9 Å². The Balaban J connectivity index is 3.14. The molecule has 6 nitrogen and oxygen atoms in total. The maximum atomic E-state index is 12.2. The Morgan fingerprint density at radius 3 is 2.48 bits per heavy atom. The molecule has 0 amide bonds. The Bertz CT molecular complexity index is 533. The van der Waals surface area contributed by atoms with Crippen molar-refractivity contribution in [2.24, 2.45) is 5.73 Å². The topological polar surface area (TPSA) is 98.9 Å². The molecule has 1 aromatic rings. The number of ether oxygens (including phenoxy) is 2. The van der Waals surface area contributed by atoms with Gasteiger partial charge in [-0.15, -0.1) is 0 Å². The Hall–Kier alpha value is -2.08. The number of phenolic OH excluding ortho intramolecular Hbond substituents is 1. The molecule has 1 atom stereocenters. The third-order valence-electron chi connectivity index (χ3n) is 2.69. The summed E-state index contributed by atoms with van der Waals surface area (Å²) in [6.45, 7) is 5.21. The molecule has 0 fully saturated rings. The van der Waals surface area contributed by atoms with Crippen LogP contribution in [0, 0.1) is 0 Å². The van der Waals surface area contributed by atoms with E-state index < -0.39 is 23.6 Å². The molecule has 21 heavy (non-hydrogen) atoms. The molecule has 0 radical (unpaired) electrons. The van der Waals surface area contributed by atoms with Gasteiger partial charge in [-0.05, 0) is 32.9 Å². The summed E-state index contributed by atoms with van der Waals surface area (Å²) in [5.74, 6) is -1.29. The van der Waals surface area contributed by atoms with Crippen molar-refractivity contribution in [2.75, 3.05) is 7.11 Å². The van der Waals surface area contributed by atoms with Crippen molar-refractivity contribution in [2.45, 2.75) is 38.8 Å². The first-order valence-corrected chi connectivity index (χ1v) is 6.53. The standard InChI is InChI=1S/C15H21NO5/c1-15(2,3)21-14(19)9-6-5-7-11(17)13(9)10(16)8-12(18)20-4/h5-7,10,17H,8,16H2,1-4H3. The summed E-state index contributed by atoms with van der Waals surface area (Å²) < 4.78 is 9.83. The molecule has 0 spiro atoms. The normalized spacial score (nSPS) is 12.6. The lowest BCUT2D eigenvalue weighted by molar-refractivity contribution is -0.141. The zero-order valence-corrected chi connectivity index (χ0v) is 12.7. The third-order valence-corrected chi connectivity index (χ3v) is 2.69. The van der Waals surface area contributed by atoms with Crippen LogP contribution in [0.1, 0.15) is 49.2 Å². The van der Waals surface area contributed by atoms with Crippen LogP contribution in [0.5, 0.6) is 5.75 Å². The zero-order chi connectivity index (χ0) is 16.2. The first-order valence-electron chi connectivity index (χ1n) is 6.53. The molecule has 1 aromatic carbocycles. The van der Waals surface area contributed by atoms with Crippen LogP contribution in [0.2, 0.25) is 0 Å². The number of phenols is 1. The van der Waals surface area contributed by atoms with E-state index >= 15 is 0 Å². The summed E-state index contributed by atoms with van der Waals surface area (Å²) in [6, 6.07) is 3.56. The van der Waals surface area contributed by atoms with E-state index in [-0.39, 0.29) is 23.3 Å². The number of carbonyl (C=O) groups is 2. The fourth-order valence-corrected chi connectivity index (χ4v) is 1.82. The van der Waals surface area contributed by atoms with Gasteiger partial charge >= 0.3 is 11.9 Å². The smallest absolute Gasteiger partial charge is 0.339 e. The second-order valence-corrected chi connectivity index (χ2v) is 5.63. The van der Waals surface area contributed by atoms with Gasteiger partial charge in [0.25, 0.3) is 0 Å². The molecule has 1 rings (SSSR count). The Morgan fingerprint density at radius 1 is 1.33 bits per heavy atom. The molecule has 0 aliphatic rings. The first-order chi connectivity index (χ1) is 9.65. The summed E-state index contributed by atoms with van der Waals surface area (Å²) in [4.78, 5) is 23.5. The quantitative estimate of drug-likeness (QED) is 0.823. The van der Waals surface area contributed by atoms with Crippen LogP contribution in [-0.4, -0.2) is 29.8 Å². The molecule has 0 bridgehead atoms. The molecule has 1 unspecified atom stereocenters. The lowest BCUT2D eigenvalue weighted by Crippen LogP contribution is -2.26. The molecule has 0 aliphatic heterocycles. The van der Waals surface area contributed by atoms with Crippen LogP contribution < -0.4 is 5.73 Å². The maximum absolute atomic E-state index is 12.2. The van der Waals surface area contributed by atoms with Gasteiger partial charge < -0.3 is 20.3 Å². The van der Waals surface area contributed by atoms with Crippen LogP contribution >= 0.6 is 0 Å². The van der Waals surface area contributed by atoms with Crippen molar-refractivity contribution in [1.29, 1.82) is 0 Å². The summed E-state index contributed by atoms with van der Waals surface area (Å²) in [7, 11) is 1.24. The predicted molar refractivity (Wildman–Crippen MR) is 76.8 cm³/mol. The van der Waals surface area contributed by atoms with Gasteiger partial charge in [-0.3, -0.25) is 4.79 Å². The number of hydrogen-bond donors (Lipinski definition) is 2. The molecule has 6 heteroatoms. The highest BCUT2D eigenvalue weighted by molar-refractivity contribution is 5.92. The van der Waals surface area contributed by atoms with E-state index in [9.17, 15) is 14.7 Å². The van der Waals surface area contributed by atoms with Crippen LogP contribution in [0.25, 0.3) is 0 Å². The molecule has 0 saturated heterocycles. The second kappa shape index (κ2) is 6.58. The summed E-state index contributed by atoms with van der Waals surface area (Å²) >= 11 is 0. The van der Waals surface area contributed by atoms with E-state index in [1.54, 1.807) is 20.8 Å². The number of methoxy groups -OCH3 is 1. The molecule has 0 aliphatic carbocycles. The van der Waals surface area contributed by atoms with Crippen LogP contribution in [0.4, 0.5) is 0 Å². The molecule has 116 valence electrons. The van der Waals surface area contributed by atoms with E-state index in [1.165, 1.54) is 25.3 Å². The lowest BCUT2D eigenvalue weighted by atomic mass is 9.97. The van der Waals surface area contributed by atoms with Gasteiger partial charge in [0.05, 0.1) is 19.1 Å². The largest absolute Gasteiger partial charge is 0.508 e. The minimum absolute atomic E-state index is 0.140. The molecule has 3 N–H and O–H groups in total. The van der Waals surface area contributed by atoms with E-state index in [0.717, 1.165) is 0 Å². The predicted octanol–water partition coefficient (Wildman–Crippen LogP) is 1.91. The third kappa shape index (κ3) is 4.75. The minimum Gasteiger partial charge on any atom is -0.508 e. The highest BCUT2D eigenvalue weighted by Gasteiger charge is 2.26. The highest BCUT2D eigenvalue weighted by atomic mass is 16.6. The summed E-state index contributed by atoms with van der Waals surface area (Å²) in [5.41, 5.74) is 5.55. The number of benzene rings is 1. The number of hydrogen-bond acceptors (Lipinski definition) is 6. The summed E-state index contributed by atoms with van der Waals surface area (Å²) in [6.07, 6.45) is -0.149. The van der Waals surface area contributed by atoms with E-state index in [1.807, 2.05) is 0 Å². The molecule has 0 aromatic heterocycles. The van der Waals surface area contributed by atoms with Gasteiger partial charge in [-0.2, -0.15) is 0 Å².